The van der Waals surface area contributed by atoms with Crippen molar-refractivity contribution in [3.63, 3.8) is 0 Å². The number of fused-ring (bicyclic) bond motifs is 1. The van der Waals surface area contributed by atoms with Crippen LogP contribution in [0.4, 0.5) is 0 Å². The minimum atomic E-state index is -0.0624. The van der Waals surface area contributed by atoms with Crippen molar-refractivity contribution in [1.82, 2.24) is 5.06 Å². The first kappa shape index (κ1) is 16.0. The van der Waals surface area contributed by atoms with Gasteiger partial charge in [-0.25, -0.2) is 0 Å². The van der Waals surface area contributed by atoms with Gasteiger partial charge in [0.1, 0.15) is 0 Å². The molecule has 1 aromatic rings. The molecule has 1 saturated carbocycles. The summed E-state index contributed by atoms with van der Waals surface area (Å²) >= 11 is 0. The Hall–Kier alpha value is -0.860. The van der Waals surface area contributed by atoms with E-state index in [1.807, 2.05) is 0 Å². The van der Waals surface area contributed by atoms with Crippen LogP contribution in [0.5, 0.6) is 0 Å². The van der Waals surface area contributed by atoms with Crippen molar-refractivity contribution in [2.45, 2.75) is 71.4 Å². The molecule has 0 spiro atoms. The minimum absolute atomic E-state index is 0.0624. The average molecular weight is 301 g/mol. The van der Waals surface area contributed by atoms with E-state index < -0.39 is 0 Å². The molecule has 2 nitrogen and oxygen atoms in total. The zero-order valence-electron chi connectivity index (χ0n) is 15.2. The Morgan fingerprint density at radius 3 is 2.50 bits per heavy atom. The van der Waals surface area contributed by atoms with E-state index in [0.717, 1.165) is 0 Å². The fraction of sp³-hybridized carbons (Fsp3) is 0.700. The average Bonchev–Trinajstić information content (AvgIpc) is 2.62. The van der Waals surface area contributed by atoms with Crippen molar-refractivity contribution >= 4 is 0 Å². The molecule has 2 heteroatoms. The van der Waals surface area contributed by atoms with E-state index in [1.54, 1.807) is 5.56 Å². The molecule has 122 valence electrons. The summed E-state index contributed by atoms with van der Waals surface area (Å²) < 4.78 is 0. The van der Waals surface area contributed by atoms with Gasteiger partial charge in [0.2, 0.25) is 0 Å². The van der Waals surface area contributed by atoms with Gasteiger partial charge >= 0.3 is 0 Å². The third kappa shape index (κ3) is 2.32. The summed E-state index contributed by atoms with van der Waals surface area (Å²) in [5, 5.41) is 2.14. The third-order valence-corrected chi connectivity index (χ3v) is 6.39. The van der Waals surface area contributed by atoms with E-state index in [9.17, 15) is 0 Å². The van der Waals surface area contributed by atoms with Gasteiger partial charge in [-0.1, -0.05) is 32.0 Å². The lowest BCUT2D eigenvalue weighted by Gasteiger charge is -2.47. The molecule has 3 rings (SSSR count). The van der Waals surface area contributed by atoms with E-state index in [1.165, 1.54) is 24.0 Å². The highest BCUT2D eigenvalue weighted by Crippen LogP contribution is 2.53. The third-order valence-electron chi connectivity index (χ3n) is 6.39. The summed E-state index contributed by atoms with van der Waals surface area (Å²) in [6.45, 7) is 13.9. The first-order chi connectivity index (χ1) is 10.2. The van der Waals surface area contributed by atoms with Gasteiger partial charge in [0, 0.05) is 19.0 Å². The van der Waals surface area contributed by atoms with Gasteiger partial charge in [0.15, 0.2) is 0 Å². The monoisotopic (exact) mass is 301 g/mol. The van der Waals surface area contributed by atoms with Crippen LogP contribution in [0, 0.1) is 25.7 Å². The summed E-state index contributed by atoms with van der Waals surface area (Å²) in [5.41, 5.74) is 4.62. The first-order valence-corrected chi connectivity index (χ1v) is 8.64. The molecule has 2 fully saturated rings. The maximum absolute atomic E-state index is 6.18. The molecular weight excluding hydrogens is 270 g/mol. The van der Waals surface area contributed by atoms with E-state index >= 15 is 0 Å². The molecule has 1 aliphatic carbocycles. The molecule has 1 aromatic carbocycles. The van der Waals surface area contributed by atoms with Crippen LogP contribution in [-0.2, 0) is 10.3 Å². The topological polar surface area (TPSA) is 12.5 Å². The molecule has 0 N–H and O–H groups in total. The number of hydrogen-bond acceptors (Lipinski definition) is 2. The van der Waals surface area contributed by atoms with Crippen LogP contribution in [0.3, 0.4) is 0 Å². The number of hydrogen-bond donors (Lipinski definition) is 0. The van der Waals surface area contributed by atoms with E-state index in [0.29, 0.717) is 17.9 Å². The molecule has 0 amide bonds. The summed E-state index contributed by atoms with van der Waals surface area (Å²) in [6.07, 6.45) is 2.45. The SMILES string of the molecule is Cc1cccc([C@@]2(C)C[C@@H]3[C@@H]([C@@H](C)C2)N(C)OC3(C)C)c1C. The number of benzene rings is 1. The lowest BCUT2D eigenvalue weighted by Crippen LogP contribution is -2.48. The van der Waals surface area contributed by atoms with Crippen LogP contribution in [0.15, 0.2) is 18.2 Å². The van der Waals surface area contributed by atoms with Gasteiger partial charge in [0.05, 0.1) is 5.60 Å². The second-order valence-electron chi connectivity index (χ2n) is 8.53. The molecule has 1 heterocycles. The molecule has 4 atom stereocenters. The van der Waals surface area contributed by atoms with Crippen LogP contribution in [0.25, 0.3) is 0 Å². The zero-order chi connectivity index (χ0) is 16.3. The fourth-order valence-corrected chi connectivity index (χ4v) is 5.31. The van der Waals surface area contributed by atoms with E-state index in [4.69, 9.17) is 4.84 Å². The largest absolute Gasteiger partial charge is 0.293 e. The van der Waals surface area contributed by atoms with Crippen LogP contribution in [0.2, 0.25) is 0 Å². The Morgan fingerprint density at radius 1 is 1.14 bits per heavy atom. The first-order valence-electron chi connectivity index (χ1n) is 8.64. The highest BCUT2D eigenvalue weighted by Gasteiger charge is 2.55. The van der Waals surface area contributed by atoms with Gasteiger partial charge in [-0.05, 0) is 68.6 Å². The molecule has 1 saturated heterocycles. The van der Waals surface area contributed by atoms with Crippen LogP contribution in [0.1, 0.15) is 57.2 Å². The molecule has 22 heavy (non-hydrogen) atoms. The molecule has 0 aromatic heterocycles. The van der Waals surface area contributed by atoms with Gasteiger partial charge in [0.25, 0.3) is 0 Å². The zero-order valence-corrected chi connectivity index (χ0v) is 15.2. The number of nitrogens with zero attached hydrogens (tertiary/aromatic N) is 1. The lowest BCUT2D eigenvalue weighted by atomic mass is 9.58. The van der Waals surface area contributed by atoms with Gasteiger partial charge in [-0.2, -0.15) is 5.06 Å². The normalized spacial score (nSPS) is 38.0. The molecular formula is C20H31NO. The summed E-state index contributed by atoms with van der Waals surface area (Å²) in [4.78, 5) is 6.18. The molecule has 1 aliphatic heterocycles. The Kier molecular flexibility index (Phi) is 3.69. The van der Waals surface area contributed by atoms with Crippen molar-refractivity contribution in [3.05, 3.63) is 34.9 Å². The minimum Gasteiger partial charge on any atom is -0.293 e. The van der Waals surface area contributed by atoms with Crippen LogP contribution < -0.4 is 0 Å². The second-order valence-corrected chi connectivity index (χ2v) is 8.53. The summed E-state index contributed by atoms with van der Waals surface area (Å²) in [7, 11) is 2.11. The molecule has 2 aliphatic rings. The van der Waals surface area contributed by atoms with Crippen molar-refractivity contribution in [3.8, 4) is 0 Å². The highest BCUT2D eigenvalue weighted by molar-refractivity contribution is 5.39. The number of rotatable bonds is 1. The van der Waals surface area contributed by atoms with Crippen molar-refractivity contribution in [2.24, 2.45) is 11.8 Å². The van der Waals surface area contributed by atoms with Gasteiger partial charge < -0.3 is 0 Å². The van der Waals surface area contributed by atoms with Crippen LogP contribution >= 0.6 is 0 Å². The Morgan fingerprint density at radius 2 is 1.82 bits per heavy atom. The summed E-state index contributed by atoms with van der Waals surface area (Å²) in [5.74, 6) is 1.24. The molecule has 0 unspecified atom stereocenters. The second kappa shape index (κ2) is 5.07. The van der Waals surface area contributed by atoms with Crippen molar-refractivity contribution < 1.29 is 4.84 Å². The van der Waals surface area contributed by atoms with E-state index in [2.05, 4.69) is 71.9 Å². The standard InChI is InChI=1S/C20H31NO/c1-13-9-8-10-16(15(13)3)20(6)11-14(2)18-17(12-20)19(4,5)22-21(18)7/h8-10,14,17-18H,11-12H2,1-7H3/t14-,17+,18+,20+/m0/s1. The number of aryl methyl sites for hydroxylation is 1. The fourth-order valence-electron chi connectivity index (χ4n) is 5.31. The maximum atomic E-state index is 6.18. The predicted octanol–water partition coefficient (Wildman–Crippen LogP) is 4.63. The smallest absolute Gasteiger partial charge is 0.0887 e. The quantitative estimate of drug-likeness (QED) is 0.750. The Bertz CT molecular complexity index is 579. The van der Waals surface area contributed by atoms with Crippen molar-refractivity contribution in [2.75, 3.05) is 7.05 Å². The summed E-state index contributed by atoms with van der Waals surface area (Å²) in [6, 6.07) is 7.35. The van der Waals surface area contributed by atoms with Gasteiger partial charge in [-0.15, -0.1) is 0 Å². The van der Waals surface area contributed by atoms with Crippen molar-refractivity contribution in [1.29, 1.82) is 0 Å². The Labute approximate surface area is 135 Å². The highest BCUT2D eigenvalue weighted by atomic mass is 16.7. The van der Waals surface area contributed by atoms with E-state index in [-0.39, 0.29) is 11.0 Å². The predicted molar refractivity (Wildman–Crippen MR) is 91.9 cm³/mol. The van der Waals surface area contributed by atoms with Crippen LogP contribution in [-0.4, -0.2) is 23.8 Å². The lowest BCUT2D eigenvalue weighted by molar-refractivity contribution is -0.182. The molecule has 0 radical (unpaired) electrons. The number of hydroxylamine groups is 2. The van der Waals surface area contributed by atoms with Gasteiger partial charge in [-0.3, -0.25) is 4.84 Å². The maximum Gasteiger partial charge on any atom is 0.0887 e. The molecule has 0 bridgehead atoms. The Balaban J connectivity index is 2.01.